The highest BCUT2D eigenvalue weighted by molar-refractivity contribution is 5.28. The Hall–Kier alpha value is -1.44. The van der Waals surface area contributed by atoms with Crippen LogP contribution in [0.15, 0.2) is 36.4 Å². The van der Waals surface area contributed by atoms with E-state index >= 15 is 0 Å². The average molecular weight is 465 g/mol. The normalized spacial score (nSPS) is 25.5. The van der Waals surface area contributed by atoms with Crippen LogP contribution in [0.2, 0.25) is 0 Å². The Bertz CT molecular complexity index is 662. The molecule has 1 aromatic rings. The van der Waals surface area contributed by atoms with Crippen LogP contribution in [0.4, 0.5) is 0 Å². The number of hydrogen-bond donors (Lipinski definition) is 4. The van der Waals surface area contributed by atoms with Crippen molar-refractivity contribution in [3.63, 3.8) is 0 Å². The number of ether oxygens (including phenoxy) is 2. The molecule has 0 aromatic heterocycles. The molecule has 1 aliphatic rings. The Balaban J connectivity index is 1.62. The zero-order valence-corrected chi connectivity index (χ0v) is 20.1. The number of allylic oxidation sites excluding steroid dienone is 2. The van der Waals surface area contributed by atoms with Crippen molar-refractivity contribution in [3.8, 4) is 5.75 Å². The summed E-state index contributed by atoms with van der Waals surface area (Å²) in [5, 5.41) is 39.2. The molecule has 188 valence electrons. The number of benzene rings is 1. The van der Waals surface area contributed by atoms with E-state index in [4.69, 9.17) is 9.47 Å². The maximum Gasteiger partial charge on any atom is 0.229 e. The Morgan fingerprint density at radius 3 is 2.21 bits per heavy atom. The van der Waals surface area contributed by atoms with Gasteiger partial charge in [0.25, 0.3) is 0 Å². The molecule has 1 fully saturated rings. The van der Waals surface area contributed by atoms with Crippen molar-refractivity contribution in [1.29, 1.82) is 0 Å². The first-order chi connectivity index (χ1) is 16.1. The summed E-state index contributed by atoms with van der Waals surface area (Å²) in [7, 11) is 0. The third-order valence-corrected chi connectivity index (χ3v) is 6.23. The van der Waals surface area contributed by atoms with E-state index in [9.17, 15) is 20.4 Å². The van der Waals surface area contributed by atoms with Crippen molar-refractivity contribution in [2.24, 2.45) is 0 Å². The van der Waals surface area contributed by atoms with E-state index in [1.165, 1.54) is 64.2 Å². The molecule has 2 unspecified atom stereocenters. The van der Waals surface area contributed by atoms with E-state index in [-0.39, 0.29) is 0 Å². The lowest BCUT2D eigenvalue weighted by molar-refractivity contribution is -0.277. The molecule has 1 saturated heterocycles. The van der Waals surface area contributed by atoms with E-state index in [2.05, 4.69) is 19.1 Å². The summed E-state index contributed by atoms with van der Waals surface area (Å²) in [5.41, 5.74) is 1.14. The van der Waals surface area contributed by atoms with Crippen molar-refractivity contribution in [2.45, 2.75) is 115 Å². The van der Waals surface area contributed by atoms with Gasteiger partial charge in [-0.3, -0.25) is 0 Å². The number of aliphatic hydroxyl groups excluding tert-OH is 4. The first kappa shape index (κ1) is 27.8. The first-order valence-corrected chi connectivity index (χ1v) is 12.8. The lowest BCUT2D eigenvalue weighted by Crippen LogP contribution is -2.60. The summed E-state index contributed by atoms with van der Waals surface area (Å²) in [4.78, 5) is 0. The number of aliphatic hydroxyl groups is 4. The average Bonchev–Trinajstić information content (AvgIpc) is 2.82. The number of aryl methyl sites for hydroxylation is 1. The molecule has 0 amide bonds. The zero-order chi connectivity index (χ0) is 23.9. The quantitative estimate of drug-likeness (QED) is 0.215. The van der Waals surface area contributed by atoms with Gasteiger partial charge in [0.1, 0.15) is 30.2 Å². The van der Waals surface area contributed by atoms with E-state index < -0.39 is 37.3 Å². The molecule has 6 heteroatoms. The fourth-order valence-electron chi connectivity index (χ4n) is 4.12. The van der Waals surface area contributed by atoms with Gasteiger partial charge in [-0.15, -0.1) is 0 Å². The topological polar surface area (TPSA) is 99.4 Å². The maximum atomic E-state index is 10.1. The summed E-state index contributed by atoms with van der Waals surface area (Å²) in [5.74, 6) is 0.526. The van der Waals surface area contributed by atoms with Crippen LogP contribution < -0.4 is 4.74 Å². The summed E-state index contributed by atoms with van der Waals surface area (Å²) < 4.78 is 11.1. The van der Waals surface area contributed by atoms with Gasteiger partial charge in [0.05, 0.1) is 6.61 Å². The number of unbranched alkanes of at least 4 members (excludes halogenated alkanes) is 9. The molecule has 6 nitrogen and oxygen atoms in total. The minimum atomic E-state index is -1.44. The van der Waals surface area contributed by atoms with E-state index in [1.807, 2.05) is 18.2 Å². The van der Waals surface area contributed by atoms with Crippen molar-refractivity contribution in [1.82, 2.24) is 0 Å². The SMILES string of the molecule is CCCCCCC=CCCCCCCCc1cccc(O[C@@H]2OC(CO)[C@@H](O)[C@H](O)C2O)c1. The zero-order valence-electron chi connectivity index (χ0n) is 20.1. The number of hydrogen-bond acceptors (Lipinski definition) is 6. The minimum absolute atomic E-state index is 0.472. The molecule has 1 aromatic carbocycles. The predicted octanol–water partition coefficient (Wildman–Crippen LogP) is 4.28. The van der Waals surface area contributed by atoms with Crippen molar-refractivity contribution < 1.29 is 29.9 Å². The fourth-order valence-corrected chi connectivity index (χ4v) is 4.12. The molecule has 33 heavy (non-hydrogen) atoms. The smallest absolute Gasteiger partial charge is 0.229 e. The Labute approximate surface area is 199 Å². The fraction of sp³-hybridized carbons (Fsp3) is 0.704. The van der Waals surface area contributed by atoms with Crippen LogP contribution in [-0.4, -0.2) is 57.7 Å². The molecule has 0 bridgehead atoms. The molecule has 4 N–H and O–H groups in total. The first-order valence-electron chi connectivity index (χ1n) is 12.8. The number of rotatable bonds is 16. The predicted molar refractivity (Wildman–Crippen MR) is 130 cm³/mol. The van der Waals surface area contributed by atoms with Crippen LogP contribution in [0.5, 0.6) is 5.75 Å². The second kappa shape index (κ2) is 16.2. The van der Waals surface area contributed by atoms with Gasteiger partial charge in [0.15, 0.2) is 0 Å². The van der Waals surface area contributed by atoms with Gasteiger partial charge in [-0.05, 0) is 56.2 Å². The lowest BCUT2D eigenvalue weighted by atomic mass is 9.99. The van der Waals surface area contributed by atoms with Gasteiger partial charge >= 0.3 is 0 Å². The van der Waals surface area contributed by atoms with Crippen molar-refractivity contribution >= 4 is 0 Å². The summed E-state index contributed by atoms with van der Waals surface area (Å²) in [6.45, 7) is 1.77. The van der Waals surface area contributed by atoms with E-state index in [1.54, 1.807) is 6.07 Å². The lowest BCUT2D eigenvalue weighted by Gasteiger charge is -2.39. The molecule has 0 radical (unpaired) electrons. The highest BCUT2D eigenvalue weighted by atomic mass is 16.7. The van der Waals surface area contributed by atoms with Crippen LogP contribution in [-0.2, 0) is 11.2 Å². The van der Waals surface area contributed by atoms with Gasteiger partial charge < -0.3 is 29.9 Å². The van der Waals surface area contributed by atoms with Crippen LogP contribution in [0.1, 0.15) is 83.1 Å². The second-order valence-corrected chi connectivity index (χ2v) is 9.09. The minimum Gasteiger partial charge on any atom is -0.462 e. The van der Waals surface area contributed by atoms with Crippen LogP contribution >= 0.6 is 0 Å². The molecule has 0 saturated carbocycles. The highest BCUT2D eigenvalue weighted by Crippen LogP contribution is 2.25. The molecular weight excluding hydrogens is 420 g/mol. The van der Waals surface area contributed by atoms with Crippen LogP contribution in [0, 0.1) is 0 Å². The molecular formula is C27H44O6. The van der Waals surface area contributed by atoms with Crippen molar-refractivity contribution in [2.75, 3.05) is 6.61 Å². The van der Waals surface area contributed by atoms with Gasteiger partial charge in [0, 0.05) is 0 Å². The van der Waals surface area contributed by atoms with Crippen LogP contribution in [0.25, 0.3) is 0 Å². The standard InChI is InChI=1S/C27H44O6/c1-2-3-4-5-6-7-8-9-10-11-12-13-14-16-21-17-15-18-22(19-21)32-27-26(31)25(30)24(29)23(20-28)33-27/h7-8,15,17-19,23-31H,2-6,9-14,16,20H2,1H3/t23?,24-,25+,26?,27-/m1/s1. The monoisotopic (exact) mass is 464 g/mol. The maximum absolute atomic E-state index is 10.1. The Morgan fingerprint density at radius 1 is 0.848 bits per heavy atom. The van der Waals surface area contributed by atoms with Gasteiger partial charge in [-0.2, -0.15) is 0 Å². The summed E-state index contributed by atoms with van der Waals surface area (Å²) in [6, 6.07) is 7.61. The summed E-state index contributed by atoms with van der Waals surface area (Å²) in [6.07, 6.45) is 13.1. The summed E-state index contributed by atoms with van der Waals surface area (Å²) >= 11 is 0. The third-order valence-electron chi connectivity index (χ3n) is 6.23. The van der Waals surface area contributed by atoms with E-state index in [0.717, 1.165) is 18.4 Å². The Kier molecular flexibility index (Phi) is 13.7. The molecule has 5 atom stereocenters. The second-order valence-electron chi connectivity index (χ2n) is 9.09. The van der Waals surface area contributed by atoms with Gasteiger partial charge in [0.2, 0.25) is 6.29 Å². The van der Waals surface area contributed by atoms with E-state index in [0.29, 0.717) is 5.75 Å². The molecule has 1 aliphatic heterocycles. The van der Waals surface area contributed by atoms with Crippen LogP contribution in [0.3, 0.4) is 0 Å². The molecule has 0 aliphatic carbocycles. The van der Waals surface area contributed by atoms with Crippen molar-refractivity contribution in [3.05, 3.63) is 42.0 Å². The van der Waals surface area contributed by atoms with Gasteiger partial charge in [-0.25, -0.2) is 0 Å². The van der Waals surface area contributed by atoms with Gasteiger partial charge in [-0.1, -0.05) is 69.7 Å². The molecule has 1 heterocycles. The Morgan fingerprint density at radius 2 is 1.52 bits per heavy atom. The molecule has 2 rings (SSSR count). The highest BCUT2D eigenvalue weighted by Gasteiger charge is 2.44. The molecule has 0 spiro atoms. The third kappa shape index (κ3) is 10.1. The largest absolute Gasteiger partial charge is 0.462 e.